The van der Waals surface area contributed by atoms with Crippen molar-refractivity contribution in [3.63, 3.8) is 0 Å². The van der Waals surface area contributed by atoms with Gasteiger partial charge in [0.15, 0.2) is 10.1 Å². The predicted octanol–water partition coefficient (Wildman–Crippen LogP) is 3.62. The molecule has 0 atom stereocenters. The maximum atomic E-state index is 12.7. The van der Waals surface area contributed by atoms with E-state index in [4.69, 9.17) is 18.2 Å². The van der Waals surface area contributed by atoms with Crippen LogP contribution in [0.15, 0.2) is 103 Å². The van der Waals surface area contributed by atoms with Crippen molar-refractivity contribution in [3.8, 4) is 6.26 Å². The summed E-state index contributed by atoms with van der Waals surface area (Å²) in [4.78, 5) is 16.9. The SMILES string of the molecule is CC(=O)OOC#N.Cc1n(S(=O)(=O)F)cc[n+]1C.Cl.O=S(=O)(F)N1CCC(c2ccccc2)CC1.O=S(=O)([O-])C(F)(F)F.[H-].[Na+].c1ccc(C2CCNCC2)cc1.c1ccc(C2CCNCC2)cc1. The molecule has 0 spiro atoms. The summed E-state index contributed by atoms with van der Waals surface area (Å²) in [7, 11) is -13.6. The molecule has 0 radical (unpaired) electrons. The number of hydrogen-bond donors (Lipinski definition) is 2. The molecule has 3 aliphatic heterocycles. The van der Waals surface area contributed by atoms with Crippen LogP contribution < -0.4 is 44.8 Å². The molecule has 0 saturated carbocycles. The first-order valence-electron chi connectivity index (χ1n) is 20.5. The van der Waals surface area contributed by atoms with E-state index in [1.807, 2.05) is 30.3 Å². The third-order valence-corrected chi connectivity index (χ3v) is 12.6. The Balaban J connectivity index is 0. The molecule has 4 heterocycles. The molecule has 7 rings (SSSR count). The van der Waals surface area contributed by atoms with Crippen molar-refractivity contribution in [3.05, 3.63) is 126 Å². The van der Waals surface area contributed by atoms with Crippen LogP contribution in [-0.2, 0) is 52.6 Å². The quantitative estimate of drug-likeness (QED) is 0.0325. The Kier molecular flexibility index (Phi) is 30.4. The Bertz CT molecular complexity index is 2360. The standard InChI is InChI=1S/C11H14FNO2S.2C11H15N.C5H8FN2O2S.C3H3NO3.CHF3O3S.ClH.Na.H/c12-16(14,15)13-8-6-11(7-9-13)10-4-2-1-3-5-10;2*1-2-4-10(5-3-1)11-6-8-12-9-7-11;1-5-7(2)3-4-8(5)11(6,9)10;1-3(5)7-6-2-4;2-1(3,4)8(5,6)7;;;/h1-5,11H,6-9H2;2*1-5,11-12H,6-9H2;3-4H,1-2H3;1H3;(H,5,6,7);1H;;/q;;;+1;;;;+1;-1/p-1. The zero-order chi connectivity index (χ0) is 49.4. The molecule has 0 amide bonds. The smallest absolute Gasteiger partial charge is 1.00 e. The predicted molar refractivity (Wildman–Crippen MR) is 241 cm³/mol. The van der Waals surface area contributed by atoms with E-state index in [1.54, 1.807) is 7.05 Å². The number of carbonyl (C=O) groups excluding carboxylic acids is 1. The van der Waals surface area contributed by atoms with Gasteiger partial charge >= 0.3 is 68.1 Å². The molecule has 3 saturated heterocycles. The number of imidazole rings is 1. The van der Waals surface area contributed by atoms with E-state index >= 15 is 0 Å². The molecule has 0 bridgehead atoms. The van der Waals surface area contributed by atoms with Crippen molar-refractivity contribution in [1.29, 1.82) is 5.26 Å². The number of benzene rings is 3. The number of alkyl halides is 3. The van der Waals surface area contributed by atoms with E-state index in [0.29, 0.717) is 28.6 Å². The van der Waals surface area contributed by atoms with Gasteiger partial charge in [0, 0.05) is 26.9 Å². The van der Waals surface area contributed by atoms with Crippen LogP contribution in [-0.4, -0.2) is 88.8 Å². The van der Waals surface area contributed by atoms with Gasteiger partial charge in [0.1, 0.15) is 12.4 Å². The third kappa shape index (κ3) is 25.2. The van der Waals surface area contributed by atoms with Gasteiger partial charge in [-0.2, -0.15) is 34.3 Å². The molecular weight excluding hydrogens is 998 g/mol. The third-order valence-electron chi connectivity index (χ3n) is 10.2. The van der Waals surface area contributed by atoms with Crippen molar-refractivity contribution >= 4 is 49.3 Å². The van der Waals surface area contributed by atoms with Crippen molar-refractivity contribution < 1.29 is 101 Å². The van der Waals surface area contributed by atoms with Crippen LogP contribution in [0, 0.1) is 18.4 Å². The van der Waals surface area contributed by atoms with E-state index in [0.717, 1.165) is 35.5 Å². The molecule has 68 heavy (non-hydrogen) atoms. The average Bonchev–Trinajstić information content (AvgIpc) is 3.65. The Morgan fingerprint density at radius 1 is 0.735 bits per heavy atom. The summed E-state index contributed by atoms with van der Waals surface area (Å²) in [6, 6.07) is 31.6. The first-order chi connectivity index (χ1) is 31.0. The van der Waals surface area contributed by atoms with Gasteiger partial charge in [0.25, 0.3) is 5.82 Å². The minimum Gasteiger partial charge on any atom is -1.00 e. The number of nitrogens with one attached hydrogen (secondary N) is 2. The summed E-state index contributed by atoms with van der Waals surface area (Å²) in [6.07, 6.45) is 10.3. The van der Waals surface area contributed by atoms with Gasteiger partial charge in [-0.3, -0.25) is 0 Å². The molecule has 0 unspecified atom stereocenters. The Morgan fingerprint density at radius 3 is 1.29 bits per heavy atom. The van der Waals surface area contributed by atoms with Crippen molar-refractivity contribution in [2.75, 3.05) is 39.3 Å². The number of nitriles is 1. The second-order valence-corrected chi connectivity index (χ2v) is 18.7. The average molecular weight is 1060 g/mol. The second-order valence-electron chi connectivity index (χ2n) is 14.7. The molecular formula is C42H57ClF5N6NaO10S3. The van der Waals surface area contributed by atoms with Gasteiger partial charge in [-0.15, -0.1) is 17.7 Å². The van der Waals surface area contributed by atoms with Gasteiger partial charge in [0.2, 0.25) is 0 Å². The van der Waals surface area contributed by atoms with Crippen LogP contribution in [0.1, 0.15) is 87.1 Å². The zero-order valence-electron chi connectivity index (χ0n) is 38.9. The number of nitrogens with zero attached hydrogens (tertiary/aromatic N) is 4. The van der Waals surface area contributed by atoms with E-state index in [9.17, 15) is 42.6 Å². The van der Waals surface area contributed by atoms with E-state index in [1.165, 1.54) is 86.2 Å². The Morgan fingerprint density at radius 2 is 1.07 bits per heavy atom. The molecule has 16 nitrogen and oxygen atoms in total. The number of hydrogen-bond acceptors (Lipinski definition) is 13. The molecule has 3 aromatic carbocycles. The van der Waals surface area contributed by atoms with E-state index < -0.39 is 42.4 Å². The number of carbonyl (C=O) groups is 1. The molecule has 3 aliphatic rings. The van der Waals surface area contributed by atoms with Crippen LogP contribution in [0.2, 0.25) is 0 Å². The topological polar surface area (TPSA) is 221 Å². The van der Waals surface area contributed by atoms with Crippen LogP contribution in [0.5, 0.6) is 0 Å². The number of aromatic nitrogens is 2. The summed E-state index contributed by atoms with van der Waals surface area (Å²) in [6.45, 7) is 7.92. The van der Waals surface area contributed by atoms with Gasteiger partial charge in [-0.25, -0.2) is 27.6 Å². The minimum absolute atomic E-state index is 0. The van der Waals surface area contributed by atoms with Gasteiger partial charge in [0.05, 0.1) is 7.05 Å². The molecule has 376 valence electrons. The largest absolute Gasteiger partial charge is 1.00 e. The molecule has 0 aliphatic carbocycles. The first-order valence-corrected chi connectivity index (χ1v) is 24.5. The fourth-order valence-electron chi connectivity index (χ4n) is 6.73. The van der Waals surface area contributed by atoms with Crippen molar-refractivity contribution in [2.24, 2.45) is 7.05 Å². The van der Waals surface area contributed by atoms with Gasteiger partial charge in [-0.05, 0) is 99.1 Å². The Hall–Kier alpha value is -3.74. The number of piperidine rings is 3. The van der Waals surface area contributed by atoms with Crippen LogP contribution >= 0.6 is 12.4 Å². The number of rotatable bonds is 6. The number of halogens is 6. The van der Waals surface area contributed by atoms with E-state index in [-0.39, 0.29) is 56.5 Å². The van der Waals surface area contributed by atoms with Gasteiger partial charge in [-0.1, -0.05) is 103 Å². The maximum absolute atomic E-state index is 12.7. The molecule has 1 aromatic heterocycles. The normalized spacial score (nSPS) is 15.7. The van der Waals surface area contributed by atoms with Crippen molar-refractivity contribution in [1.82, 2.24) is 18.9 Å². The Labute approximate surface area is 425 Å². The molecule has 26 heteroatoms. The second kappa shape index (κ2) is 32.2. The van der Waals surface area contributed by atoms with E-state index in [2.05, 4.69) is 81.1 Å². The zero-order valence-corrected chi connectivity index (χ0v) is 43.2. The number of aryl methyl sites for hydroxylation is 1. The fourth-order valence-corrected chi connectivity index (χ4v) is 8.02. The summed E-state index contributed by atoms with van der Waals surface area (Å²) < 4.78 is 129. The van der Waals surface area contributed by atoms with Crippen LogP contribution in [0.4, 0.5) is 20.9 Å². The molecule has 2 N–H and O–H groups in total. The first kappa shape index (κ1) is 64.3. The fraction of sp³-hybridized carbons (Fsp3) is 0.452. The summed E-state index contributed by atoms with van der Waals surface area (Å²) in [5.41, 5.74) is -1.41. The monoisotopic (exact) mass is 1050 g/mol. The van der Waals surface area contributed by atoms with Crippen LogP contribution in [0.3, 0.4) is 0 Å². The maximum Gasteiger partial charge on any atom is 1.00 e. The molecule has 3 fully saturated rings. The summed E-state index contributed by atoms with van der Waals surface area (Å²) in [5, 5.41) is 14.3. The van der Waals surface area contributed by atoms with Crippen molar-refractivity contribution in [2.45, 2.75) is 75.6 Å². The molecule has 4 aromatic rings. The van der Waals surface area contributed by atoms with Crippen LogP contribution in [0.25, 0.3) is 0 Å². The minimum atomic E-state index is -6.09. The summed E-state index contributed by atoms with van der Waals surface area (Å²) >= 11 is 0. The summed E-state index contributed by atoms with van der Waals surface area (Å²) in [5.74, 6) is 1.63. The van der Waals surface area contributed by atoms with Gasteiger partial charge < -0.3 is 16.6 Å².